The van der Waals surface area contributed by atoms with Crippen LogP contribution in [0.5, 0.6) is 0 Å². The van der Waals surface area contributed by atoms with Gasteiger partial charge in [-0.05, 0) is 56.0 Å². The number of rotatable bonds is 4. The van der Waals surface area contributed by atoms with Gasteiger partial charge in [0.05, 0.1) is 6.21 Å². The molecule has 2 aromatic rings. The van der Waals surface area contributed by atoms with Gasteiger partial charge < -0.3 is 14.2 Å². The number of nitrogens with zero attached hydrogens (tertiary/aromatic N) is 2. The molecule has 0 aromatic heterocycles. The lowest BCUT2D eigenvalue weighted by atomic mass is 9.95. The minimum absolute atomic E-state index is 0.245. The van der Waals surface area contributed by atoms with Gasteiger partial charge in [0.1, 0.15) is 22.7 Å². The van der Waals surface area contributed by atoms with E-state index in [9.17, 15) is 9.35 Å². The molecule has 0 saturated heterocycles. The molecule has 0 N–H and O–H groups in total. The van der Waals surface area contributed by atoms with E-state index in [2.05, 4.69) is 4.40 Å². The van der Waals surface area contributed by atoms with Crippen LogP contribution in [0.25, 0.3) is 0 Å². The lowest BCUT2D eigenvalue weighted by Gasteiger charge is -2.29. The second-order valence-corrected chi connectivity index (χ2v) is 10.3. The summed E-state index contributed by atoms with van der Waals surface area (Å²) in [6.45, 7) is 6.86. The van der Waals surface area contributed by atoms with Crippen LogP contribution in [-0.4, -0.2) is 33.1 Å². The lowest BCUT2D eigenvalue weighted by molar-refractivity contribution is 0.0918. The van der Waals surface area contributed by atoms with Crippen molar-refractivity contribution < 1.29 is 14.1 Å². The summed E-state index contributed by atoms with van der Waals surface area (Å²) in [4.78, 5) is 14.2. The summed E-state index contributed by atoms with van der Waals surface area (Å²) in [5, 5.41) is 0.561. The van der Waals surface area contributed by atoms with E-state index < -0.39 is 16.1 Å². The molecule has 0 saturated carbocycles. The zero-order valence-electron chi connectivity index (χ0n) is 16.9. The summed E-state index contributed by atoms with van der Waals surface area (Å²) in [5.74, 6) is 0. The third-order valence-electron chi connectivity index (χ3n) is 4.61. The van der Waals surface area contributed by atoms with Gasteiger partial charge in [0.15, 0.2) is 0 Å². The first-order chi connectivity index (χ1) is 13.7. The molecule has 29 heavy (non-hydrogen) atoms. The number of amides is 1. The number of fused-ring (bicyclic) bond motifs is 1. The first kappa shape index (κ1) is 21.7. The van der Waals surface area contributed by atoms with Gasteiger partial charge in [-0.15, -0.1) is 0 Å². The third-order valence-corrected chi connectivity index (χ3v) is 6.17. The fourth-order valence-electron chi connectivity index (χ4n) is 3.04. The first-order valence-corrected chi connectivity index (χ1v) is 11.0. The van der Waals surface area contributed by atoms with Gasteiger partial charge in [0.2, 0.25) is 0 Å². The highest BCUT2D eigenvalue weighted by atomic mass is 35.5. The Hall–Kier alpha value is -2.02. The maximum atomic E-state index is 12.5. The van der Waals surface area contributed by atoms with Crippen LogP contribution in [0.4, 0.5) is 4.79 Å². The van der Waals surface area contributed by atoms with Crippen LogP contribution in [0.1, 0.15) is 43.0 Å². The standard InChI is InChI=1S/C22H25ClN2O3S/c1-22(2,3)29(27)24-13-17-11-19(23)12-18-14-25(10-9-20(17)18)21(26)28-15-16-7-5-4-6-8-16/h4-8,11-13H,9-10,14-15H2,1-3H3/t29-/m0/s1. The van der Waals surface area contributed by atoms with E-state index >= 15 is 0 Å². The van der Waals surface area contributed by atoms with Gasteiger partial charge >= 0.3 is 6.09 Å². The molecular weight excluding hydrogens is 408 g/mol. The van der Waals surface area contributed by atoms with Crippen molar-refractivity contribution in [1.82, 2.24) is 4.90 Å². The average molecular weight is 433 g/mol. The Morgan fingerprint density at radius 2 is 2.03 bits per heavy atom. The molecule has 3 rings (SSSR count). The summed E-state index contributed by atoms with van der Waals surface area (Å²) in [6.07, 6.45) is 1.95. The quantitative estimate of drug-likeness (QED) is 0.509. The van der Waals surface area contributed by atoms with Crippen molar-refractivity contribution in [3.05, 3.63) is 69.7 Å². The maximum Gasteiger partial charge on any atom is 0.410 e. The summed E-state index contributed by atoms with van der Waals surface area (Å²) in [5.41, 5.74) is 3.84. The first-order valence-electron chi connectivity index (χ1n) is 9.47. The van der Waals surface area contributed by atoms with Crippen LogP contribution in [0.2, 0.25) is 5.02 Å². The minimum atomic E-state index is -1.34. The fourth-order valence-corrected chi connectivity index (χ4v) is 3.81. The monoisotopic (exact) mass is 432 g/mol. The number of benzene rings is 2. The molecule has 0 fully saturated rings. The van der Waals surface area contributed by atoms with Crippen molar-refractivity contribution >= 4 is 35.3 Å². The molecule has 0 aliphatic carbocycles. The van der Waals surface area contributed by atoms with Crippen molar-refractivity contribution in [3.8, 4) is 0 Å². The molecule has 0 unspecified atom stereocenters. The van der Waals surface area contributed by atoms with Gasteiger partial charge in [0.25, 0.3) is 0 Å². The van der Waals surface area contributed by atoms with E-state index in [-0.39, 0.29) is 12.7 Å². The van der Waals surface area contributed by atoms with Gasteiger partial charge in [-0.3, -0.25) is 0 Å². The topological polar surface area (TPSA) is 65.0 Å². The number of carbonyl (C=O) groups is 1. The Morgan fingerprint density at radius 1 is 1.31 bits per heavy atom. The summed E-state index contributed by atoms with van der Waals surface area (Å²) < 4.78 is 21.5. The Kier molecular flexibility index (Phi) is 6.88. The van der Waals surface area contributed by atoms with E-state index in [0.29, 0.717) is 24.5 Å². The highest BCUT2D eigenvalue weighted by Crippen LogP contribution is 2.27. The molecule has 5 nitrogen and oxygen atoms in total. The number of halogens is 1. The van der Waals surface area contributed by atoms with E-state index in [0.717, 1.165) is 22.3 Å². The SMILES string of the molecule is CC(C)(C)[S@+]([O-])N=Cc1cc(Cl)cc2c1CCN(C(=O)OCc1ccccc1)C2. The molecule has 154 valence electrons. The van der Waals surface area contributed by atoms with Crippen molar-refractivity contribution in [2.24, 2.45) is 4.40 Å². The minimum Gasteiger partial charge on any atom is -0.591 e. The van der Waals surface area contributed by atoms with Crippen LogP contribution in [0.3, 0.4) is 0 Å². The zero-order valence-corrected chi connectivity index (χ0v) is 18.4. The molecule has 1 aliphatic heterocycles. The van der Waals surface area contributed by atoms with Crippen LogP contribution in [0, 0.1) is 0 Å². The highest BCUT2D eigenvalue weighted by Gasteiger charge is 2.27. The van der Waals surface area contributed by atoms with Crippen LogP contribution >= 0.6 is 11.6 Å². The van der Waals surface area contributed by atoms with Crippen molar-refractivity contribution in [2.45, 2.75) is 45.1 Å². The molecule has 1 heterocycles. The van der Waals surface area contributed by atoms with Crippen molar-refractivity contribution in [1.29, 1.82) is 0 Å². The van der Waals surface area contributed by atoms with E-state index in [1.807, 2.05) is 63.2 Å². The van der Waals surface area contributed by atoms with Crippen LogP contribution in [0.15, 0.2) is 46.9 Å². The van der Waals surface area contributed by atoms with Gasteiger partial charge in [-0.25, -0.2) is 4.79 Å². The molecule has 0 bridgehead atoms. The predicted octanol–water partition coefficient (Wildman–Crippen LogP) is 4.92. The number of hydrogen-bond acceptors (Lipinski definition) is 4. The normalized spacial score (nSPS) is 15.3. The molecule has 1 atom stereocenters. The molecular formula is C22H25ClN2O3S. The zero-order chi connectivity index (χ0) is 21.0. The summed E-state index contributed by atoms with van der Waals surface area (Å²) in [7, 11) is 0. The average Bonchev–Trinajstić information content (AvgIpc) is 2.69. The number of hydrogen-bond donors (Lipinski definition) is 0. The predicted molar refractivity (Wildman–Crippen MR) is 118 cm³/mol. The Labute approximate surface area is 180 Å². The van der Waals surface area contributed by atoms with Crippen molar-refractivity contribution in [3.63, 3.8) is 0 Å². The van der Waals surface area contributed by atoms with Crippen LogP contribution in [-0.2, 0) is 35.7 Å². The molecule has 2 aromatic carbocycles. The number of ether oxygens (including phenoxy) is 1. The van der Waals surface area contributed by atoms with Gasteiger partial charge in [0, 0.05) is 23.7 Å². The molecule has 0 spiro atoms. The van der Waals surface area contributed by atoms with Gasteiger partial charge in [-0.2, -0.15) is 0 Å². The fraction of sp³-hybridized carbons (Fsp3) is 0.364. The Morgan fingerprint density at radius 3 is 2.72 bits per heavy atom. The second-order valence-electron chi connectivity index (χ2n) is 7.94. The van der Waals surface area contributed by atoms with Crippen LogP contribution < -0.4 is 0 Å². The maximum absolute atomic E-state index is 12.5. The lowest BCUT2D eigenvalue weighted by Crippen LogP contribution is -2.36. The molecule has 7 heteroatoms. The smallest absolute Gasteiger partial charge is 0.410 e. The van der Waals surface area contributed by atoms with Gasteiger partial charge in [-0.1, -0.05) is 46.3 Å². The second kappa shape index (κ2) is 9.20. The summed E-state index contributed by atoms with van der Waals surface area (Å²) in [6, 6.07) is 13.3. The van der Waals surface area contributed by atoms with Crippen molar-refractivity contribution in [2.75, 3.05) is 6.54 Å². The number of carbonyl (C=O) groups excluding carboxylic acids is 1. The molecule has 1 aliphatic rings. The van der Waals surface area contributed by atoms with E-state index in [1.54, 1.807) is 11.1 Å². The Balaban J connectivity index is 1.71. The highest BCUT2D eigenvalue weighted by molar-refractivity contribution is 7.91. The van der Waals surface area contributed by atoms with E-state index in [4.69, 9.17) is 16.3 Å². The molecule has 1 amide bonds. The molecule has 0 radical (unpaired) electrons. The van der Waals surface area contributed by atoms with E-state index in [1.165, 1.54) is 0 Å². The summed E-state index contributed by atoms with van der Waals surface area (Å²) >= 11 is 4.94. The Bertz CT molecular complexity index is 897. The largest absolute Gasteiger partial charge is 0.591 e. The third kappa shape index (κ3) is 5.75.